The standard InChI is InChI=1S/C15H15FOS/c1-9-14(17)10-2-3-11(8-10)15(9)18-13-6-4-12(16)5-7-13/h4-7,10-11H,2-3,8H2,1H3. The molecule has 2 atom stereocenters. The third kappa shape index (κ3) is 2.01. The molecule has 0 aromatic heterocycles. The van der Waals surface area contributed by atoms with Gasteiger partial charge in [-0.1, -0.05) is 11.8 Å². The summed E-state index contributed by atoms with van der Waals surface area (Å²) in [7, 11) is 0. The van der Waals surface area contributed by atoms with Gasteiger partial charge in [-0.2, -0.15) is 0 Å². The molecular weight excluding hydrogens is 247 g/mol. The molecule has 0 spiro atoms. The van der Waals surface area contributed by atoms with E-state index < -0.39 is 0 Å². The highest BCUT2D eigenvalue weighted by atomic mass is 32.2. The van der Waals surface area contributed by atoms with Crippen molar-refractivity contribution in [3.63, 3.8) is 0 Å². The van der Waals surface area contributed by atoms with Gasteiger partial charge in [0.15, 0.2) is 5.78 Å². The van der Waals surface area contributed by atoms with Crippen molar-refractivity contribution in [3.8, 4) is 0 Å². The fourth-order valence-electron chi connectivity index (χ4n) is 2.98. The summed E-state index contributed by atoms with van der Waals surface area (Å²) in [6.45, 7) is 1.94. The summed E-state index contributed by atoms with van der Waals surface area (Å²) in [5, 5.41) is 0. The van der Waals surface area contributed by atoms with Crippen molar-refractivity contribution in [1.29, 1.82) is 0 Å². The highest BCUT2D eigenvalue weighted by molar-refractivity contribution is 8.03. The summed E-state index contributed by atoms with van der Waals surface area (Å²) in [5.74, 6) is 0.925. The number of Topliss-reactive ketones (excluding diaryl/α,β-unsaturated/α-hetero) is 1. The van der Waals surface area contributed by atoms with E-state index in [0.717, 1.165) is 29.7 Å². The first-order valence-corrected chi connectivity index (χ1v) is 7.15. The predicted molar refractivity (Wildman–Crippen MR) is 70.8 cm³/mol. The van der Waals surface area contributed by atoms with Crippen molar-refractivity contribution < 1.29 is 9.18 Å². The zero-order valence-electron chi connectivity index (χ0n) is 10.3. The lowest BCUT2D eigenvalue weighted by molar-refractivity contribution is -0.119. The van der Waals surface area contributed by atoms with Crippen LogP contribution in [0.25, 0.3) is 0 Å². The molecule has 1 aromatic rings. The Morgan fingerprint density at radius 3 is 2.56 bits per heavy atom. The normalized spacial score (nSPS) is 26.9. The van der Waals surface area contributed by atoms with E-state index in [0.29, 0.717) is 11.7 Å². The Morgan fingerprint density at radius 1 is 1.17 bits per heavy atom. The highest BCUT2D eigenvalue weighted by Crippen LogP contribution is 2.49. The van der Waals surface area contributed by atoms with Gasteiger partial charge >= 0.3 is 0 Å². The second kappa shape index (κ2) is 4.54. The van der Waals surface area contributed by atoms with Crippen LogP contribution in [0, 0.1) is 17.7 Å². The van der Waals surface area contributed by atoms with Crippen molar-refractivity contribution >= 4 is 17.5 Å². The van der Waals surface area contributed by atoms with Crippen molar-refractivity contribution in [2.24, 2.45) is 11.8 Å². The minimum absolute atomic E-state index is 0.217. The largest absolute Gasteiger partial charge is 0.294 e. The molecule has 1 saturated carbocycles. The Labute approximate surface area is 110 Å². The first-order valence-electron chi connectivity index (χ1n) is 6.33. The molecule has 2 aliphatic carbocycles. The molecule has 0 aliphatic heterocycles. The Morgan fingerprint density at radius 2 is 1.83 bits per heavy atom. The molecule has 3 heteroatoms. The predicted octanol–water partition coefficient (Wildman–Crippen LogP) is 4.19. The number of thioether (sulfide) groups is 1. The van der Waals surface area contributed by atoms with E-state index in [1.807, 2.05) is 6.92 Å². The van der Waals surface area contributed by atoms with Gasteiger partial charge in [-0.15, -0.1) is 0 Å². The number of carbonyl (C=O) groups is 1. The maximum Gasteiger partial charge on any atom is 0.162 e. The summed E-state index contributed by atoms with van der Waals surface area (Å²) in [5.41, 5.74) is 0.933. The van der Waals surface area contributed by atoms with Crippen LogP contribution in [0.4, 0.5) is 4.39 Å². The molecular formula is C15H15FOS. The molecule has 1 aromatic carbocycles. The molecule has 2 bridgehead atoms. The van der Waals surface area contributed by atoms with Crippen molar-refractivity contribution in [1.82, 2.24) is 0 Å². The van der Waals surface area contributed by atoms with Gasteiger partial charge in [0.05, 0.1) is 0 Å². The Hall–Kier alpha value is -1.09. The first-order chi connectivity index (χ1) is 8.65. The van der Waals surface area contributed by atoms with Crippen molar-refractivity contribution in [3.05, 3.63) is 40.6 Å². The van der Waals surface area contributed by atoms with Gasteiger partial charge in [0.25, 0.3) is 0 Å². The molecule has 0 heterocycles. The summed E-state index contributed by atoms with van der Waals surface area (Å²) < 4.78 is 12.9. The van der Waals surface area contributed by atoms with Crippen molar-refractivity contribution in [2.75, 3.05) is 0 Å². The van der Waals surface area contributed by atoms with Crippen LogP contribution in [0.5, 0.6) is 0 Å². The van der Waals surface area contributed by atoms with E-state index >= 15 is 0 Å². The monoisotopic (exact) mass is 262 g/mol. The molecule has 3 rings (SSSR count). The number of benzene rings is 1. The second-order valence-corrected chi connectivity index (χ2v) is 6.23. The maximum atomic E-state index is 12.9. The van der Waals surface area contributed by atoms with E-state index in [9.17, 15) is 9.18 Å². The van der Waals surface area contributed by atoms with Crippen LogP contribution < -0.4 is 0 Å². The van der Waals surface area contributed by atoms with Crippen LogP contribution in [0.15, 0.2) is 39.6 Å². The van der Waals surface area contributed by atoms with Gasteiger partial charge in [0.1, 0.15) is 5.82 Å². The van der Waals surface area contributed by atoms with Crippen LogP contribution >= 0.6 is 11.8 Å². The molecule has 1 fully saturated rings. The maximum absolute atomic E-state index is 12.9. The third-order valence-electron chi connectivity index (χ3n) is 3.95. The SMILES string of the molecule is CC1=C(Sc2ccc(F)cc2)C2CCC(C2)C1=O. The molecule has 2 aliphatic rings. The average molecular weight is 262 g/mol. The lowest BCUT2D eigenvalue weighted by Gasteiger charge is -2.23. The number of halogens is 1. The molecule has 0 radical (unpaired) electrons. The smallest absolute Gasteiger partial charge is 0.162 e. The summed E-state index contributed by atoms with van der Waals surface area (Å²) in [6, 6.07) is 6.51. The van der Waals surface area contributed by atoms with Crippen LogP contribution in [0.2, 0.25) is 0 Å². The number of ketones is 1. The molecule has 18 heavy (non-hydrogen) atoms. The van der Waals surface area contributed by atoms with Gasteiger partial charge in [-0.25, -0.2) is 4.39 Å². The lowest BCUT2D eigenvalue weighted by atomic mass is 9.89. The Kier molecular flexibility index (Phi) is 3.02. The molecule has 2 unspecified atom stereocenters. The minimum atomic E-state index is -0.217. The number of fused-ring (bicyclic) bond motifs is 2. The molecule has 0 amide bonds. The number of hydrogen-bond donors (Lipinski definition) is 0. The Balaban J connectivity index is 1.89. The molecule has 0 saturated heterocycles. The van der Waals surface area contributed by atoms with E-state index in [2.05, 4.69) is 0 Å². The Bertz CT molecular complexity index is 518. The average Bonchev–Trinajstić information content (AvgIpc) is 2.81. The number of allylic oxidation sites excluding steroid dienone is 2. The van der Waals surface area contributed by atoms with Crippen molar-refractivity contribution in [2.45, 2.75) is 31.1 Å². The minimum Gasteiger partial charge on any atom is -0.294 e. The van der Waals surface area contributed by atoms with E-state index in [1.165, 1.54) is 17.0 Å². The van der Waals surface area contributed by atoms with E-state index in [-0.39, 0.29) is 11.7 Å². The highest BCUT2D eigenvalue weighted by Gasteiger charge is 2.39. The summed E-state index contributed by atoms with van der Waals surface area (Å²) in [6.07, 6.45) is 3.17. The van der Waals surface area contributed by atoms with Crippen LogP contribution in [-0.4, -0.2) is 5.78 Å². The van der Waals surface area contributed by atoms with Gasteiger partial charge < -0.3 is 0 Å². The summed E-state index contributed by atoms with van der Waals surface area (Å²) >= 11 is 1.64. The fourth-order valence-corrected chi connectivity index (χ4v) is 4.14. The molecule has 94 valence electrons. The van der Waals surface area contributed by atoms with Crippen LogP contribution in [0.1, 0.15) is 26.2 Å². The topological polar surface area (TPSA) is 17.1 Å². The number of hydrogen-bond acceptors (Lipinski definition) is 2. The van der Waals surface area contributed by atoms with Gasteiger partial charge in [-0.3, -0.25) is 4.79 Å². The fraction of sp³-hybridized carbons (Fsp3) is 0.400. The zero-order chi connectivity index (χ0) is 12.7. The van der Waals surface area contributed by atoms with E-state index in [4.69, 9.17) is 0 Å². The first kappa shape index (κ1) is 12.0. The number of carbonyl (C=O) groups excluding carboxylic acids is 1. The van der Waals surface area contributed by atoms with Gasteiger partial charge in [0, 0.05) is 16.4 Å². The second-order valence-electron chi connectivity index (χ2n) is 5.12. The quantitative estimate of drug-likeness (QED) is 0.795. The third-order valence-corrected chi connectivity index (χ3v) is 5.32. The molecule has 0 N–H and O–H groups in total. The summed E-state index contributed by atoms with van der Waals surface area (Å²) in [4.78, 5) is 14.3. The van der Waals surface area contributed by atoms with Gasteiger partial charge in [0.2, 0.25) is 0 Å². The number of rotatable bonds is 2. The van der Waals surface area contributed by atoms with Crippen LogP contribution in [0.3, 0.4) is 0 Å². The molecule has 1 nitrogen and oxygen atoms in total. The van der Waals surface area contributed by atoms with Gasteiger partial charge in [-0.05, 0) is 61.3 Å². The lowest BCUT2D eigenvalue weighted by Crippen LogP contribution is -2.19. The zero-order valence-corrected chi connectivity index (χ0v) is 11.1. The van der Waals surface area contributed by atoms with Crippen LogP contribution in [-0.2, 0) is 4.79 Å². The van der Waals surface area contributed by atoms with E-state index in [1.54, 1.807) is 23.9 Å².